The molecule has 1 N–H and O–H groups in total. The van der Waals surface area contributed by atoms with E-state index in [0.29, 0.717) is 19.6 Å². The highest BCUT2D eigenvalue weighted by Gasteiger charge is 2.42. The number of likely N-dealkylation sites (tertiary alicyclic amines) is 1. The van der Waals surface area contributed by atoms with Crippen LogP contribution in [0.5, 0.6) is 0 Å². The molecule has 3 atom stereocenters. The zero-order valence-corrected chi connectivity index (χ0v) is 17.8. The van der Waals surface area contributed by atoms with Crippen molar-refractivity contribution >= 4 is 0 Å². The zero-order chi connectivity index (χ0) is 21.3. The number of nitrogens with zero attached hydrogens (tertiary/aromatic N) is 1. The van der Waals surface area contributed by atoms with Crippen LogP contribution in [0, 0.1) is 0 Å². The first-order valence-corrected chi connectivity index (χ1v) is 11.0. The predicted molar refractivity (Wildman–Crippen MR) is 122 cm³/mol. The number of aliphatic hydroxyl groups is 1. The van der Waals surface area contributed by atoms with Crippen molar-refractivity contribution in [2.75, 3.05) is 13.2 Å². The number of benzene rings is 3. The topological polar surface area (TPSA) is 41.9 Å². The predicted octanol–water partition coefficient (Wildman–Crippen LogP) is 4.42. The smallest absolute Gasteiger partial charge is 0.101 e. The van der Waals surface area contributed by atoms with Crippen LogP contribution in [0.1, 0.15) is 23.1 Å². The van der Waals surface area contributed by atoms with Crippen LogP contribution in [-0.2, 0) is 29.2 Å². The summed E-state index contributed by atoms with van der Waals surface area (Å²) in [7, 11) is 0. The van der Waals surface area contributed by atoms with Gasteiger partial charge in [-0.15, -0.1) is 0 Å². The average Bonchev–Trinajstić information content (AvgIpc) is 3.14. The summed E-state index contributed by atoms with van der Waals surface area (Å²) in [6, 6.07) is 31.1. The molecule has 0 aliphatic carbocycles. The number of aliphatic hydroxyl groups excluding tert-OH is 1. The zero-order valence-electron chi connectivity index (χ0n) is 17.8. The molecule has 1 aliphatic heterocycles. The molecule has 1 heterocycles. The van der Waals surface area contributed by atoms with E-state index in [1.54, 1.807) is 0 Å². The molecule has 0 amide bonds. The van der Waals surface area contributed by atoms with Gasteiger partial charge in [-0.2, -0.15) is 0 Å². The minimum Gasteiger partial charge on any atom is -0.396 e. The van der Waals surface area contributed by atoms with Gasteiger partial charge in [-0.1, -0.05) is 91.0 Å². The molecule has 1 aliphatic rings. The van der Waals surface area contributed by atoms with Crippen LogP contribution in [0.4, 0.5) is 0 Å². The summed E-state index contributed by atoms with van der Waals surface area (Å²) in [6.07, 6.45) is 0.515. The van der Waals surface area contributed by atoms with Gasteiger partial charge in [0.05, 0.1) is 19.3 Å². The standard InChI is InChI=1S/C27H31NO3/c29-17-16-25-27(31-21-24-14-8-3-9-15-24)26(30-20-23-12-6-2-7-13-23)19-28(25)18-22-10-4-1-5-11-22/h1-15,25-27,29H,16-21H2/t25-,26+,27+/m0/s1. The normalized spacial score (nSPS) is 21.4. The second kappa shape index (κ2) is 11.2. The van der Waals surface area contributed by atoms with E-state index < -0.39 is 0 Å². The number of hydrogen-bond donors (Lipinski definition) is 1. The maximum absolute atomic E-state index is 9.78. The molecule has 4 rings (SSSR count). The van der Waals surface area contributed by atoms with E-state index in [1.807, 2.05) is 42.5 Å². The average molecular weight is 418 g/mol. The molecule has 0 spiro atoms. The molecular weight excluding hydrogens is 386 g/mol. The van der Waals surface area contributed by atoms with Crippen LogP contribution in [0.2, 0.25) is 0 Å². The van der Waals surface area contributed by atoms with Crippen LogP contribution in [0.3, 0.4) is 0 Å². The molecule has 1 saturated heterocycles. The first-order valence-electron chi connectivity index (χ1n) is 11.0. The third kappa shape index (κ3) is 6.02. The Kier molecular flexibility index (Phi) is 7.86. The molecule has 4 nitrogen and oxygen atoms in total. The van der Waals surface area contributed by atoms with Gasteiger partial charge in [-0.05, 0) is 23.1 Å². The van der Waals surface area contributed by atoms with E-state index in [2.05, 4.69) is 53.4 Å². The van der Waals surface area contributed by atoms with Crippen molar-refractivity contribution in [2.45, 2.75) is 44.4 Å². The van der Waals surface area contributed by atoms with E-state index in [4.69, 9.17) is 9.47 Å². The SMILES string of the molecule is OCC[C@H]1[C@@H](OCc2ccccc2)[C@H](OCc2ccccc2)CN1Cc1ccccc1. The first kappa shape index (κ1) is 21.7. The molecule has 31 heavy (non-hydrogen) atoms. The van der Waals surface area contributed by atoms with Crippen molar-refractivity contribution in [1.29, 1.82) is 0 Å². The molecule has 4 heteroatoms. The molecule has 0 radical (unpaired) electrons. The Balaban J connectivity index is 1.50. The van der Waals surface area contributed by atoms with E-state index in [1.165, 1.54) is 5.56 Å². The van der Waals surface area contributed by atoms with Gasteiger partial charge in [-0.25, -0.2) is 0 Å². The summed E-state index contributed by atoms with van der Waals surface area (Å²) in [6.45, 7) is 2.83. The van der Waals surface area contributed by atoms with Gasteiger partial charge in [0.15, 0.2) is 0 Å². The summed E-state index contributed by atoms with van der Waals surface area (Å²) >= 11 is 0. The van der Waals surface area contributed by atoms with E-state index >= 15 is 0 Å². The van der Waals surface area contributed by atoms with Crippen molar-refractivity contribution in [3.05, 3.63) is 108 Å². The molecule has 1 fully saturated rings. The maximum atomic E-state index is 9.78. The first-order chi connectivity index (χ1) is 15.3. The second-order valence-electron chi connectivity index (χ2n) is 8.09. The summed E-state index contributed by atoms with van der Waals surface area (Å²) in [4.78, 5) is 2.40. The lowest BCUT2D eigenvalue weighted by atomic mass is 10.1. The van der Waals surface area contributed by atoms with Crippen molar-refractivity contribution in [2.24, 2.45) is 0 Å². The minimum absolute atomic E-state index is 0.0517. The van der Waals surface area contributed by atoms with E-state index in [9.17, 15) is 5.11 Å². The fourth-order valence-corrected chi connectivity index (χ4v) is 4.31. The molecule has 3 aromatic rings. The largest absolute Gasteiger partial charge is 0.396 e. The summed E-state index contributed by atoms with van der Waals surface area (Å²) in [5.74, 6) is 0. The molecule has 0 saturated carbocycles. The Morgan fingerprint density at radius 2 is 1.23 bits per heavy atom. The van der Waals surface area contributed by atoms with Crippen LogP contribution in [0.15, 0.2) is 91.0 Å². The maximum Gasteiger partial charge on any atom is 0.101 e. The highest BCUT2D eigenvalue weighted by atomic mass is 16.5. The lowest BCUT2D eigenvalue weighted by Gasteiger charge is -2.28. The number of ether oxygens (including phenoxy) is 2. The van der Waals surface area contributed by atoms with Gasteiger partial charge in [0.25, 0.3) is 0 Å². The van der Waals surface area contributed by atoms with Crippen molar-refractivity contribution in [1.82, 2.24) is 4.90 Å². The van der Waals surface area contributed by atoms with Gasteiger partial charge in [-0.3, -0.25) is 4.90 Å². The van der Waals surface area contributed by atoms with Crippen molar-refractivity contribution in [3.8, 4) is 0 Å². The van der Waals surface area contributed by atoms with Crippen molar-refractivity contribution in [3.63, 3.8) is 0 Å². The monoisotopic (exact) mass is 417 g/mol. The van der Waals surface area contributed by atoms with Gasteiger partial charge in [0.1, 0.15) is 6.10 Å². The Morgan fingerprint density at radius 1 is 0.710 bits per heavy atom. The van der Waals surface area contributed by atoms with Crippen LogP contribution in [0.25, 0.3) is 0 Å². The van der Waals surface area contributed by atoms with Gasteiger partial charge in [0.2, 0.25) is 0 Å². The molecular formula is C27H31NO3. The molecule has 162 valence electrons. The van der Waals surface area contributed by atoms with E-state index in [-0.39, 0.29) is 24.9 Å². The molecule has 0 bridgehead atoms. The quantitative estimate of drug-likeness (QED) is 0.530. The van der Waals surface area contributed by atoms with Crippen LogP contribution in [-0.4, -0.2) is 41.4 Å². The van der Waals surface area contributed by atoms with Crippen molar-refractivity contribution < 1.29 is 14.6 Å². The number of hydrogen-bond acceptors (Lipinski definition) is 4. The highest BCUT2D eigenvalue weighted by molar-refractivity contribution is 5.17. The van der Waals surface area contributed by atoms with Gasteiger partial charge in [0, 0.05) is 25.7 Å². The van der Waals surface area contributed by atoms with Crippen LogP contribution < -0.4 is 0 Å². The fourth-order valence-electron chi connectivity index (χ4n) is 4.31. The molecule has 0 unspecified atom stereocenters. The van der Waals surface area contributed by atoms with E-state index in [0.717, 1.165) is 24.2 Å². The highest BCUT2D eigenvalue weighted by Crippen LogP contribution is 2.29. The lowest BCUT2D eigenvalue weighted by Crippen LogP contribution is -2.38. The minimum atomic E-state index is -0.0974. The number of rotatable bonds is 10. The molecule has 0 aromatic heterocycles. The Hall–Kier alpha value is -2.50. The Labute approximate surface area is 185 Å². The molecule has 3 aromatic carbocycles. The third-order valence-electron chi connectivity index (χ3n) is 5.87. The summed E-state index contributed by atoms with van der Waals surface area (Å²) in [5, 5.41) is 9.78. The van der Waals surface area contributed by atoms with Crippen LogP contribution >= 0.6 is 0 Å². The summed E-state index contributed by atoms with van der Waals surface area (Å²) < 4.78 is 12.8. The van der Waals surface area contributed by atoms with Gasteiger partial charge >= 0.3 is 0 Å². The Morgan fingerprint density at radius 3 is 1.77 bits per heavy atom. The lowest BCUT2D eigenvalue weighted by molar-refractivity contribution is -0.0730. The second-order valence-corrected chi connectivity index (χ2v) is 8.09. The van der Waals surface area contributed by atoms with Gasteiger partial charge < -0.3 is 14.6 Å². The Bertz CT molecular complexity index is 888. The third-order valence-corrected chi connectivity index (χ3v) is 5.87. The fraction of sp³-hybridized carbons (Fsp3) is 0.333. The summed E-state index contributed by atoms with van der Waals surface area (Å²) in [5.41, 5.74) is 3.56.